The molecule has 1 aromatic heterocycles. The second-order valence-corrected chi connectivity index (χ2v) is 6.05. The van der Waals surface area contributed by atoms with Crippen LogP contribution in [0.1, 0.15) is 31.3 Å². The Morgan fingerprint density at radius 1 is 1.35 bits per heavy atom. The number of hydrogen-bond acceptors (Lipinski definition) is 4. The lowest BCUT2D eigenvalue weighted by Gasteiger charge is -2.18. The third kappa shape index (κ3) is 3.65. The Bertz CT molecular complexity index is 552. The molecule has 1 heterocycles. The van der Waals surface area contributed by atoms with Crippen molar-refractivity contribution in [2.45, 2.75) is 32.9 Å². The molecule has 0 saturated carbocycles. The molecule has 2 rings (SSSR count). The third-order valence-electron chi connectivity index (χ3n) is 3.10. The highest BCUT2D eigenvalue weighted by molar-refractivity contribution is 9.10. The molecule has 1 unspecified atom stereocenters. The first-order valence-electron chi connectivity index (χ1n) is 6.69. The summed E-state index contributed by atoms with van der Waals surface area (Å²) in [5.41, 5.74) is 3.99. The first-order chi connectivity index (χ1) is 9.61. The van der Waals surface area contributed by atoms with Crippen LogP contribution < -0.4 is 11.3 Å². The highest BCUT2D eigenvalue weighted by atomic mass is 79.9. The number of hydrogen-bond donors (Lipinski definition) is 2. The van der Waals surface area contributed by atoms with Crippen molar-refractivity contribution in [1.29, 1.82) is 0 Å². The van der Waals surface area contributed by atoms with Gasteiger partial charge in [0.2, 0.25) is 0 Å². The fraction of sp³-hybridized carbons (Fsp3) is 0.429. The van der Waals surface area contributed by atoms with Gasteiger partial charge >= 0.3 is 0 Å². The number of aromatic nitrogens is 3. The second-order valence-electron chi connectivity index (χ2n) is 5.20. The predicted molar refractivity (Wildman–Crippen MR) is 82.8 cm³/mol. The Morgan fingerprint density at radius 3 is 2.75 bits per heavy atom. The molecule has 0 aliphatic carbocycles. The van der Waals surface area contributed by atoms with Crippen LogP contribution in [0.15, 0.2) is 35.1 Å². The van der Waals surface area contributed by atoms with E-state index < -0.39 is 0 Å². The Kier molecular flexibility index (Phi) is 5.28. The Balaban J connectivity index is 2.19. The van der Waals surface area contributed by atoms with Gasteiger partial charge in [-0.05, 0) is 17.5 Å². The van der Waals surface area contributed by atoms with Crippen LogP contribution in [0.4, 0.5) is 0 Å². The number of benzene rings is 1. The van der Waals surface area contributed by atoms with E-state index in [1.807, 2.05) is 22.9 Å². The molecule has 0 spiro atoms. The van der Waals surface area contributed by atoms with E-state index in [9.17, 15) is 0 Å². The average Bonchev–Trinajstić information content (AvgIpc) is 2.83. The van der Waals surface area contributed by atoms with E-state index in [2.05, 4.69) is 51.4 Å². The summed E-state index contributed by atoms with van der Waals surface area (Å²) in [6.45, 7) is 5.19. The number of nitrogens with one attached hydrogen (secondary N) is 1. The maximum absolute atomic E-state index is 5.71. The zero-order chi connectivity index (χ0) is 14.5. The van der Waals surface area contributed by atoms with Gasteiger partial charge in [-0.2, -0.15) is 5.10 Å². The Hall–Kier alpha value is -1.24. The molecule has 0 bridgehead atoms. The average molecular weight is 338 g/mol. The van der Waals surface area contributed by atoms with E-state index in [0.29, 0.717) is 12.3 Å². The molecule has 6 heteroatoms. The zero-order valence-corrected chi connectivity index (χ0v) is 13.3. The monoisotopic (exact) mass is 337 g/mol. The molecule has 0 aliphatic heterocycles. The molecule has 3 N–H and O–H groups in total. The van der Waals surface area contributed by atoms with E-state index in [1.54, 1.807) is 6.33 Å². The van der Waals surface area contributed by atoms with Crippen molar-refractivity contribution in [2.75, 3.05) is 0 Å². The van der Waals surface area contributed by atoms with Gasteiger partial charge in [-0.15, -0.1) is 0 Å². The summed E-state index contributed by atoms with van der Waals surface area (Å²) in [7, 11) is 0. The topological polar surface area (TPSA) is 68.8 Å². The van der Waals surface area contributed by atoms with Gasteiger partial charge in [0.25, 0.3) is 0 Å². The summed E-state index contributed by atoms with van der Waals surface area (Å²) >= 11 is 3.56. The minimum Gasteiger partial charge on any atom is -0.271 e. The molecule has 2 aromatic rings. The Labute approximate surface area is 127 Å². The van der Waals surface area contributed by atoms with E-state index >= 15 is 0 Å². The predicted octanol–water partition coefficient (Wildman–Crippen LogP) is 2.44. The van der Waals surface area contributed by atoms with Gasteiger partial charge in [-0.25, -0.2) is 9.67 Å². The molecule has 0 aliphatic rings. The summed E-state index contributed by atoms with van der Waals surface area (Å²) in [4.78, 5) is 4.35. The zero-order valence-electron chi connectivity index (χ0n) is 11.8. The third-order valence-corrected chi connectivity index (χ3v) is 3.82. The number of nitrogens with two attached hydrogens (primary N) is 1. The van der Waals surface area contributed by atoms with E-state index in [-0.39, 0.29) is 6.04 Å². The molecular weight excluding hydrogens is 318 g/mol. The highest BCUT2D eigenvalue weighted by Gasteiger charge is 2.17. The van der Waals surface area contributed by atoms with Crippen molar-refractivity contribution in [3.05, 3.63) is 46.5 Å². The molecule has 1 atom stereocenters. The molecule has 1 aromatic carbocycles. The van der Waals surface area contributed by atoms with Crippen molar-refractivity contribution in [3.8, 4) is 0 Å². The van der Waals surface area contributed by atoms with Crippen molar-refractivity contribution in [1.82, 2.24) is 20.2 Å². The first-order valence-corrected chi connectivity index (χ1v) is 7.48. The summed E-state index contributed by atoms with van der Waals surface area (Å²) in [5.74, 6) is 7.19. The van der Waals surface area contributed by atoms with Crippen LogP contribution in [0.3, 0.4) is 0 Å². The summed E-state index contributed by atoms with van der Waals surface area (Å²) < 4.78 is 2.99. The Morgan fingerprint density at radius 2 is 2.10 bits per heavy atom. The first kappa shape index (κ1) is 15.2. The summed E-state index contributed by atoms with van der Waals surface area (Å²) in [5, 5.41) is 4.29. The number of hydrazine groups is 1. The van der Waals surface area contributed by atoms with Crippen molar-refractivity contribution in [2.24, 2.45) is 11.8 Å². The maximum Gasteiger partial charge on any atom is 0.138 e. The quantitative estimate of drug-likeness (QED) is 0.627. The van der Waals surface area contributed by atoms with E-state index in [0.717, 1.165) is 22.4 Å². The van der Waals surface area contributed by atoms with Crippen LogP contribution >= 0.6 is 15.9 Å². The highest BCUT2D eigenvalue weighted by Crippen LogP contribution is 2.25. The van der Waals surface area contributed by atoms with Gasteiger partial charge in [-0.3, -0.25) is 11.3 Å². The van der Waals surface area contributed by atoms with Crippen LogP contribution in [-0.2, 0) is 13.0 Å². The van der Waals surface area contributed by atoms with Gasteiger partial charge in [-0.1, -0.05) is 48.0 Å². The number of halogens is 1. The second kappa shape index (κ2) is 6.97. The lowest BCUT2D eigenvalue weighted by molar-refractivity contribution is 0.446. The van der Waals surface area contributed by atoms with Crippen molar-refractivity contribution >= 4 is 15.9 Å². The maximum atomic E-state index is 5.71. The molecule has 0 fully saturated rings. The van der Waals surface area contributed by atoms with Gasteiger partial charge < -0.3 is 0 Å². The normalized spacial score (nSPS) is 12.8. The van der Waals surface area contributed by atoms with Crippen LogP contribution in [0.25, 0.3) is 0 Å². The van der Waals surface area contributed by atoms with Crippen molar-refractivity contribution in [3.63, 3.8) is 0 Å². The fourth-order valence-electron chi connectivity index (χ4n) is 2.14. The minimum absolute atomic E-state index is 0.000636. The van der Waals surface area contributed by atoms with Gasteiger partial charge in [0.1, 0.15) is 12.2 Å². The summed E-state index contributed by atoms with van der Waals surface area (Å²) in [6, 6.07) is 8.06. The summed E-state index contributed by atoms with van der Waals surface area (Å²) in [6.07, 6.45) is 2.30. The standard InChI is InChI=1S/C14H20BrN5/c1-10(2)8-20-14(17-9-18-20)7-13(19-16)11-5-3-4-6-12(11)15/h3-6,9-10,13,19H,7-8,16H2,1-2H3. The van der Waals surface area contributed by atoms with Gasteiger partial charge in [0, 0.05) is 17.4 Å². The molecule has 0 radical (unpaired) electrons. The fourth-order valence-corrected chi connectivity index (χ4v) is 2.70. The molecule has 20 heavy (non-hydrogen) atoms. The van der Waals surface area contributed by atoms with Gasteiger partial charge in [0.05, 0.1) is 6.04 Å². The molecule has 0 amide bonds. The largest absolute Gasteiger partial charge is 0.271 e. The van der Waals surface area contributed by atoms with Crippen LogP contribution in [0.5, 0.6) is 0 Å². The smallest absolute Gasteiger partial charge is 0.138 e. The lowest BCUT2D eigenvalue weighted by atomic mass is 10.0. The van der Waals surface area contributed by atoms with E-state index in [4.69, 9.17) is 5.84 Å². The molecular formula is C14H20BrN5. The van der Waals surface area contributed by atoms with E-state index in [1.165, 1.54) is 0 Å². The van der Waals surface area contributed by atoms with Crippen molar-refractivity contribution < 1.29 is 0 Å². The van der Waals surface area contributed by atoms with Crippen LogP contribution in [0, 0.1) is 5.92 Å². The minimum atomic E-state index is 0.000636. The molecule has 5 nitrogen and oxygen atoms in total. The van der Waals surface area contributed by atoms with Gasteiger partial charge in [0.15, 0.2) is 0 Å². The lowest BCUT2D eigenvalue weighted by Crippen LogP contribution is -2.31. The van der Waals surface area contributed by atoms with Crippen LogP contribution in [0.2, 0.25) is 0 Å². The van der Waals surface area contributed by atoms with Crippen LogP contribution in [-0.4, -0.2) is 14.8 Å². The molecule has 0 saturated heterocycles. The number of rotatable bonds is 6. The number of nitrogens with zero attached hydrogens (tertiary/aromatic N) is 3. The SMILES string of the molecule is CC(C)Cn1ncnc1CC(NN)c1ccccc1Br. The molecule has 108 valence electrons.